The summed E-state index contributed by atoms with van der Waals surface area (Å²) >= 11 is 7.94. The van der Waals surface area contributed by atoms with E-state index in [0.29, 0.717) is 6.54 Å². The fraction of sp³-hybridized carbons (Fsp3) is 0.333. The SMILES string of the molecule is OC1CN(Cc2ccccc2Cl)CCc2sccc21. The van der Waals surface area contributed by atoms with Crippen molar-refractivity contribution in [2.75, 3.05) is 13.1 Å². The van der Waals surface area contributed by atoms with Gasteiger partial charge in [-0.25, -0.2) is 0 Å². The summed E-state index contributed by atoms with van der Waals surface area (Å²) in [6.45, 7) is 2.44. The molecule has 0 saturated carbocycles. The van der Waals surface area contributed by atoms with E-state index in [-0.39, 0.29) is 6.10 Å². The van der Waals surface area contributed by atoms with Crippen LogP contribution in [0.15, 0.2) is 35.7 Å². The summed E-state index contributed by atoms with van der Waals surface area (Å²) in [5.74, 6) is 0. The van der Waals surface area contributed by atoms with Gasteiger partial charge in [0.25, 0.3) is 0 Å². The summed E-state index contributed by atoms with van der Waals surface area (Å²) < 4.78 is 0. The number of aliphatic hydroxyl groups excluding tert-OH is 1. The molecule has 1 aliphatic heterocycles. The molecule has 1 N–H and O–H groups in total. The van der Waals surface area contributed by atoms with Crippen molar-refractivity contribution < 1.29 is 5.11 Å². The number of halogens is 1. The molecule has 0 fully saturated rings. The standard InChI is InChI=1S/C15H16ClNOS/c16-13-4-2-1-3-11(13)9-17-7-5-15-12(6-8-19-15)14(18)10-17/h1-4,6,8,14,18H,5,7,9-10H2. The number of hydrogen-bond donors (Lipinski definition) is 1. The number of hydrogen-bond acceptors (Lipinski definition) is 3. The summed E-state index contributed by atoms with van der Waals surface area (Å²) in [6.07, 6.45) is 0.625. The van der Waals surface area contributed by atoms with Crippen LogP contribution >= 0.6 is 22.9 Å². The third-order valence-corrected chi connectivity index (χ3v) is 4.94. The lowest BCUT2D eigenvalue weighted by atomic mass is 10.1. The fourth-order valence-electron chi connectivity index (χ4n) is 2.56. The van der Waals surface area contributed by atoms with Gasteiger partial charge in [0.05, 0.1) is 6.10 Å². The van der Waals surface area contributed by atoms with Crippen molar-refractivity contribution in [3.63, 3.8) is 0 Å². The van der Waals surface area contributed by atoms with Crippen LogP contribution in [0.3, 0.4) is 0 Å². The van der Waals surface area contributed by atoms with Crippen molar-refractivity contribution in [1.82, 2.24) is 4.90 Å². The number of β-amino-alcohol motifs (C(OH)–C–C–N with tert-alkyl or cyclic N) is 1. The zero-order chi connectivity index (χ0) is 13.2. The van der Waals surface area contributed by atoms with Crippen LogP contribution in [-0.2, 0) is 13.0 Å². The van der Waals surface area contributed by atoms with Gasteiger partial charge in [-0.3, -0.25) is 4.90 Å². The molecule has 1 aliphatic rings. The van der Waals surface area contributed by atoms with Gasteiger partial charge in [-0.05, 0) is 35.1 Å². The molecule has 0 bridgehead atoms. The van der Waals surface area contributed by atoms with Crippen LogP contribution in [0.2, 0.25) is 5.02 Å². The van der Waals surface area contributed by atoms with Crippen LogP contribution in [-0.4, -0.2) is 23.1 Å². The topological polar surface area (TPSA) is 23.5 Å². The summed E-state index contributed by atoms with van der Waals surface area (Å²) in [5, 5.41) is 13.1. The van der Waals surface area contributed by atoms with Crippen LogP contribution in [0.25, 0.3) is 0 Å². The van der Waals surface area contributed by atoms with Crippen molar-refractivity contribution in [3.8, 4) is 0 Å². The highest BCUT2D eigenvalue weighted by Crippen LogP contribution is 2.29. The molecule has 19 heavy (non-hydrogen) atoms. The molecule has 0 aliphatic carbocycles. The quantitative estimate of drug-likeness (QED) is 0.916. The van der Waals surface area contributed by atoms with Crippen molar-refractivity contribution in [3.05, 3.63) is 56.7 Å². The lowest BCUT2D eigenvalue weighted by Gasteiger charge is -2.22. The van der Waals surface area contributed by atoms with E-state index >= 15 is 0 Å². The molecular weight excluding hydrogens is 278 g/mol. The first-order chi connectivity index (χ1) is 9.24. The Morgan fingerprint density at radius 1 is 1.32 bits per heavy atom. The molecule has 2 heterocycles. The van der Waals surface area contributed by atoms with E-state index in [1.807, 2.05) is 24.3 Å². The van der Waals surface area contributed by atoms with Gasteiger partial charge in [0.1, 0.15) is 0 Å². The number of aliphatic hydroxyl groups is 1. The predicted octanol–water partition coefficient (Wildman–Crippen LogP) is 3.49. The molecule has 3 rings (SSSR count). The molecule has 1 aromatic heterocycles. The zero-order valence-corrected chi connectivity index (χ0v) is 12.1. The molecule has 0 radical (unpaired) electrons. The minimum Gasteiger partial charge on any atom is -0.387 e. The van der Waals surface area contributed by atoms with Gasteiger partial charge in [-0.15, -0.1) is 11.3 Å². The van der Waals surface area contributed by atoms with E-state index in [0.717, 1.165) is 35.7 Å². The molecule has 100 valence electrons. The van der Waals surface area contributed by atoms with Crippen LogP contribution in [0, 0.1) is 0 Å². The second kappa shape index (κ2) is 5.63. The Bertz CT molecular complexity index is 569. The minimum atomic E-state index is -0.383. The van der Waals surface area contributed by atoms with Crippen molar-refractivity contribution in [2.24, 2.45) is 0 Å². The maximum absolute atomic E-state index is 10.3. The zero-order valence-electron chi connectivity index (χ0n) is 10.6. The smallest absolute Gasteiger partial charge is 0.0927 e. The number of rotatable bonds is 2. The second-order valence-electron chi connectivity index (χ2n) is 4.89. The molecule has 0 spiro atoms. The number of benzene rings is 1. The molecule has 0 amide bonds. The normalized spacial score (nSPS) is 20.0. The lowest BCUT2D eigenvalue weighted by Crippen LogP contribution is -2.28. The lowest BCUT2D eigenvalue weighted by molar-refractivity contribution is 0.116. The Hall–Kier alpha value is -0.870. The molecule has 0 saturated heterocycles. The van der Waals surface area contributed by atoms with Crippen molar-refractivity contribution >= 4 is 22.9 Å². The van der Waals surface area contributed by atoms with Crippen molar-refractivity contribution in [2.45, 2.75) is 19.1 Å². The van der Waals surface area contributed by atoms with E-state index in [2.05, 4.69) is 16.3 Å². The first kappa shape index (κ1) is 13.1. The number of thiophene rings is 1. The molecular formula is C15H16ClNOS. The highest BCUT2D eigenvalue weighted by atomic mass is 35.5. The molecule has 2 nitrogen and oxygen atoms in total. The van der Waals surface area contributed by atoms with Gasteiger partial charge < -0.3 is 5.11 Å². The average molecular weight is 294 g/mol. The minimum absolute atomic E-state index is 0.383. The Kier molecular flexibility index (Phi) is 3.89. The molecule has 1 unspecified atom stereocenters. The van der Waals surface area contributed by atoms with Gasteiger partial charge in [0.15, 0.2) is 0 Å². The average Bonchev–Trinajstić information content (AvgIpc) is 2.82. The van der Waals surface area contributed by atoms with Crippen LogP contribution < -0.4 is 0 Å². The van der Waals surface area contributed by atoms with E-state index in [4.69, 9.17) is 11.6 Å². The monoisotopic (exact) mass is 293 g/mol. The number of fused-ring (bicyclic) bond motifs is 1. The Morgan fingerprint density at radius 2 is 2.16 bits per heavy atom. The molecule has 1 aromatic carbocycles. The van der Waals surface area contributed by atoms with E-state index in [1.165, 1.54) is 4.88 Å². The summed E-state index contributed by atoms with van der Waals surface area (Å²) in [6, 6.07) is 9.97. The molecule has 1 atom stereocenters. The second-order valence-corrected chi connectivity index (χ2v) is 6.30. The van der Waals surface area contributed by atoms with E-state index in [9.17, 15) is 5.11 Å². The predicted molar refractivity (Wildman–Crippen MR) is 79.7 cm³/mol. The third-order valence-electron chi connectivity index (χ3n) is 3.58. The Morgan fingerprint density at radius 3 is 3.00 bits per heavy atom. The van der Waals surface area contributed by atoms with Crippen molar-refractivity contribution in [1.29, 1.82) is 0 Å². The van der Waals surface area contributed by atoms with Gasteiger partial charge in [0.2, 0.25) is 0 Å². The fourth-order valence-corrected chi connectivity index (χ4v) is 3.68. The first-order valence-corrected chi connectivity index (χ1v) is 7.70. The van der Waals surface area contributed by atoms with E-state index < -0.39 is 0 Å². The van der Waals surface area contributed by atoms with Gasteiger partial charge in [-0.2, -0.15) is 0 Å². The van der Waals surface area contributed by atoms with Gasteiger partial charge in [0, 0.05) is 29.5 Å². The Balaban J connectivity index is 1.74. The largest absolute Gasteiger partial charge is 0.387 e. The van der Waals surface area contributed by atoms with Crippen LogP contribution in [0.5, 0.6) is 0 Å². The summed E-state index contributed by atoms with van der Waals surface area (Å²) in [7, 11) is 0. The first-order valence-electron chi connectivity index (χ1n) is 6.44. The third kappa shape index (κ3) is 2.84. The van der Waals surface area contributed by atoms with Gasteiger partial charge >= 0.3 is 0 Å². The molecule has 2 aromatic rings. The highest BCUT2D eigenvalue weighted by molar-refractivity contribution is 7.10. The highest BCUT2D eigenvalue weighted by Gasteiger charge is 2.22. The summed E-state index contributed by atoms with van der Waals surface area (Å²) in [5.41, 5.74) is 2.23. The summed E-state index contributed by atoms with van der Waals surface area (Å²) in [4.78, 5) is 3.59. The Labute approximate surface area is 122 Å². The van der Waals surface area contributed by atoms with Gasteiger partial charge in [-0.1, -0.05) is 29.8 Å². The van der Waals surface area contributed by atoms with Crippen LogP contribution in [0.1, 0.15) is 22.1 Å². The van der Waals surface area contributed by atoms with E-state index in [1.54, 1.807) is 11.3 Å². The maximum atomic E-state index is 10.3. The molecule has 4 heteroatoms. The van der Waals surface area contributed by atoms with Crippen LogP contribution in [0.4, 0.5) is 0 Å². The number of nitrogens with zero attached hydrogens (tertiary/aromatic N) is 1. The maximum Gasteiger partial charge on any atom is 0.0927 e.